The summed E-state index contributed by atoms with van der Waals surface area (Å²) >= 11 is 0. The Labute approximate surface area is 450 Å². The minimum absolute atomic E-state index is 0.0770. The van der Waals surface area contributed by atoms with Gasteiger partial charge < -0.3 is 4.90 Å². The largest absolute Gasteiger partial charge is 0.333 e. The van der Waals surface area contributed by atoms with E-state index in [1.54, 1.807) is 22.3 Å². The normalized spacial score (nSPS) is 28.4. The first-order chi connectivity index (χ1) is 37.5. The van der Waals surface area contributed by atoms with Gasteiger partial charge in [-0.3, -0.25) is 0 Å². The van der Waals surface area contributed by atoms with Crippen LogP contribution in [0.4, 0.5) is 11.4 Å². The zero-order valence-electron chi connectivity index (χ0n) is 44.1. The van der Waals surface area contributed by atoms with Crippen LogP contribution < -0.4 is 4.90 Å². The van der Waals surface area contributed by atoms with Crippen LogP contribution in [0.2, 0.25) is 0 Å². The number of hydrogen-bond donors (Lipinski definition) is 0. The molecule has 8 aliphatic carbocycles. The maximum Gasteiger partial charge on any atom is 0.0586 e. The van der Waals surface area contributed by atoms with Crippen molar-refractivity contribution < 1.29 is 0 Å². The van der Waals surface area contributed by atoms with Gasteiger partial charge in [0, 0.05) is 22.4 Å². The molecule has 0 aliphatic heterocycles. The SMILES string of the molecule is CC1CC2=C(C=C1c1ccc(N(c3ccccc3-c3cccc4cccc(C5CCCCC5)c34)C3C=CC(c4ccc(-c5ccccc5)c(-c5ccccc5)c4)=CC3C)cc1)C1(c3ccccc32)C2CC3CC4CC1C342. The molecule has 7 atom stereocenters. The summed E-state index contributed by atoms with van der Waals surface area (Å²) in [5.41, 5.74) is 24.7. The smallest absolute Gasteiger partial charge is 0.0586 e. The maximum atomic E-state index is 2.75. The van der Waals surface area contributed by atoms with Crippen molar-refractivity contribution in [2.75, 3.05) is 4.90 Å². The highest BCUT2D eigenvalue weighted by molar-refractivity contribution is 6.03. The van der Waals surface area contributed by atoms with Gasteiger partial charge in [-0.2, -0.15) is 0 Å². The van der Waals surface area contributed by atoms with E-state index in [4.69, 9.17) is 0 Å². The Hall–Kier alpha value is -7.22. The van der Waals surface area contributed by atoms with E-state index >= 15 is 0 Å². The Morgan fingerprint density at radius 2 is 1.18 bits per heavy atom. The van der Waals surface area contributed by atoms with Gasteiger partial charge in [0.25, 0.3) is 0 Å². The van der Waals surface area contributed by atoms with Crippen molar-refractivity contribution in [2.24, 2.45) is 40.9 Å². The third-order valence-corrected chi connectivity index (χ3v) is 21.3. The van der Waals surface area contributed by atoms with Crippen molar-refractivity contribution >= 4 is 38.9 Å². The molecule has 0 heterocycles. The molecular weight excluding hydrogens is 915 g/mol. The molecule has 8 aromatic rings. The Bertz CT molecular complexity index is 3740. The van der Waals surface area contributed by atoms with E-state index in [1.807, 2.05) is 0 Å². The van der Waals surface area contributed by atoms with Crippen LogP contribution in [-0.4, -0.2) is 6.04 Å². The highest BCUT2D eigenvalue weighted by atomic mass is 15.2. The number of rotatable bonds is 9. The molecule has 0 bridgehead atoms. The van der Waals surface area contributed by atoms with Gasteiger partial charge in [0.2, 0.25) is 0 Å². The standard InChI is InChI=1S/C75H67N/c1-47-41-66-61-26-12-14-30-67(61)75(71-44-56-43-57-45-72(75)74(56,57)71)68(66)46-64(47)52-32-36-58(37-33-52)76(70-31-15-13-27-62(70)63-29-17-25-53-24-16-28-60(73(53)63)50-20-8-4-9-21-50)69-39-35-54(40-48(69)2)55-34-38-59(49-18-6-3-7-19-49)65(42-55)51-22-10-5-11-23-51/h3,5-7,10-19,22-40,42,46-48,50,56-57,69,71-72H,4,8-9,20-21,41,43-45H2,1-2H3. The average molecular weight is 982 g/mol. The molecule has 16 rings (SSSR count). The molecule has 76 heavy (non-hydrogen) atoms. The lowest BCUT2D eigenvalue weighted by molar-refractivity contribution is -0.412. The summed E-state index contributed by atoms with van der Waals surface area (Å²) in [4.78, 5) is 2.69. The van der Waals surface area contributed by atoms with Crippen molar-refractivity contribution in [2.45, 2.75) is 89.0 Å². The molecule has 7 unspecified atom stereocenters. The third kappa shape index (κ3) is 6.26. The Kier molecular flexibility index (Phi) is 10.2. The minimum atomic E-state index is 0.0770. The van der Waals surface area contributed by atoms with E-state index in [0.29, 0.717) is 17.3 Å². The first-order valence-corrected chi connectivity index (χ1v) is 29.2. The van der Waals surface area contributed by atoms with E-state index < -0.39 is 0 Å². The third-order valence-electron chi connectivity index (χ3n) is 21.3. The second kappa shape index (κ2) is 17.1. The molecule has 0 saturated heterocycles. The number of anilines is 2. The number of nitrogens with zero attached hydrogens (tertiary/aromatic N) is 1. The second-order valence-electron chi connectivity index (χ2n) is 24.6. The number of hydrogen-bond acceptors (Lipinski definition) is 1. The van der Waals surface area contributed by atoms with Gasteiger partial charge in [0.05, 0.1) is 6.04 Å². The van der Waals surface area contributed by atoms with Crippen LogP contribution in [-0.2, 0) is 5.41 Å². The Balaban J connectivity index is 0.804. The lowest BCUT2D eigenvalue weighted by atomic mass is 9.11. The first kappa shape index (κ1) is 45.0. The molecule has 1 heteroatoms. The molecule has 0 aromatic heterocycles. The van der Waals surface area contributed by atoms with Crippen LogP contribution in [0, 0.1) is 40.9 Å². The fraction of sp³-hybridized carbons (Fsp3) is 0.280. The van der Waals surface area contributed by atoms with Crippen molar-refractivity contribution in [3.8, 4) is 33.4 Å². The second-order valence-corrected chi connectivity index (χ2v) is 24.6. The zero-order valence-corrected chi connectivity index (χ0v) is 44.1. The van der Waals surface area contributed by atoms with Crippen molar-refractivity contribution in [1.82, 2.24) is 0 Å². The number of benzene rings is 8. The van der Waals surface area contributed by atoms with Gasteiger partial charge in [-0.15, -0.1) is 0 Å². The zero-order chi connectivity index (χ0) is 50.3. The van der Waals surface area contributed by atoms with Crippen molar-refractivity contribution in [3.63, 3.8) is 0 Å². The fourth-order valence-electron chi connectivity index (χ4n) is 18.1. The maximum absolute atomic E-state index is 2.75. The summed E-state index contributed by atoms with van der Waals surface area (Å²) in [6.07, 6.45) is 22.3. The van der Waals surface area contributed by atoms with Gasteiger partial charge >= 0.3 is 0 Å². The monoisotopic (exact) mass is 982 g/mol. The molecule has 1 nitrogen and oxygen atoms in total. The molecule has 0 radical (unpaired) electrons. The van der Waals surface area contributed by atoms with E-state index in [9.17, 15) is 0 Å². The quantitative estimate of drug-likeness (QED) is 0.139. The number of para-hydroxylation sites is 1. The predicted molar refractivity (Wildman–Crippen MR) is 318 cm³/mol. The molecule has 8 aromatic carbocycles. The summed E-state index contributed by atoms with van der Waals surface area (Å²) < 4.78 is 0. The highest BCUT2D eigenvalue weighted by Crippen LogP contribution is 2.95. The molecule has 0 N–H and O–H groups in total. The van der Waals surface area contributed by atoms with Gasteiger partial charge in [-0.05, 0) is 198 Å². The minimum Gasteiger partial charge on any atom is -0.333 e. The van der Waals surface area contributed by atoms with Crippen LogP contribution >= 0.6 is 0 Å². The van der Waals surface area contributed by atoms with Crippen molar-refractivity contribution in [3.05, 3.63) is 246 Å². The van der Waals surface area contributed by atoms with Gasteiger partial charge in [0.15, 0.2) is 0 Å². The lowest BCUT2D eigenvalue weighted by Crippen LogP contribution is -2.88. The summed E-state index contributed by atoms with van der Waals surface area (Å²) in [5.74, 6) is 4.97. The van der Waals surface area contributed by atoms with Crippen LogP contribution in [0.1, 0.15) is 105 Å². The first-order valence-electron chi connectivity index (χ1n) is 29.2. The van der Waals surface area contributed by atoms with E-state index in [2.05, 4.69) is 231 Å². The predicted octanol–water partition coefficient (Wildman–Crippen LogP) is 19.5. The molecule has 5 saturated carbocycles. The highest BCUT2D eigenvalue weighted by Gasteiger charge is 2.90. The van der Waals surface area contributed by atoms with Crippen LogP contribution in [0.5, 0.6) is 0 Å². The van der Waals surface area contributed by atoms with Crippen LogP contribution in [0.3, 0.4) is 0 Å². The molecule has 2 spiro atoms. The Morgan fingerprint density at radius 3 is 1.92 bits per heavy atom. The van der Waals surface area contributed by atoms with Gasteiger partial charge in [0.1, 0.15) is 0 Å². The molecule has 8 aliphatic rings. The molecule has 372 valence electrons. The lowest BCUT2D eigenvalue weighted by Gasteiger charge is -2.92. The van der Waals surface area contributed by atoms with E-state index in [1.165, 1.54) is 135 Å². The Morgan fingerprint density at radius 1 is 0.526 bits per heavy atom. The summed E-state index contributed by atoms with van der Waals surface area (Å²) in [7, 11) is 0. The van der Waals surface area contributed by atoms with E-state index in [0.717, 1.165) is 30.1 Å². The topological polar surface area (TPSA) is 3.24 Å². The molecular formula is C75H67N. The number of allylic oxidation sites excluding steroid dienone is 6. The summed E-state index contributed by atoms with van der Waals surface area (Å²) in [6, 6.07) is 72.0. The van der Waals surface area contributed by atoms with Gasteiger partial charge in [-0.1, -0.05) is 221 Å². The molecule has 5 fully saturated rings. The molecule has 0 amide bonds. The van der Waals surface area contributed by atoms with Crippen LogP contribution in [0.15, 0.2) is 218 Å². The average Bonchev–Trinajstić information content (AvgIpc) is 2.30. The fourth-order valence-corrected chi connectivity index (χ4v) is 18.1. The van der Waals surface area contributed by atoms with Crippen molar-refractivity contribution in [1.29, 1.82) is 0 Å². The summed E-state index contributed by atoms with van der Waals surface area (Å²) in [6.45, 7) is 4.93. The van der Waals surface area contributed by atoms with E-state index in [-0.39, 0.29) is 17.4 Å². The van der Waals surface area contributed by atoms with Crippen LogP contribution in [0.25, 0.3) is 60.9 Å². The number of fused-ring (bicyclic) bond motifs is 7. The van der Waals surface area contributed by atoms with Gasteiger partial charge in [-0.25, -0.2) is 0 Å². The summed E-state index contributed by atoms with van der Waals surface area (Å²) in [5, 5.41) is 2.78.